The number of carbonyl (C=O) groups is 1. The predicted molar refractivity (Wildman–Crippen MR) is 113 cm³/mol. The second-order valence-corrected chi connectivity index (χ2v) is 9.30. The Morgan fingerprint density at radius 1 is 0.929 bits per heavy atom. The van der Waals surface area contributed by atoms with Crippen LogP contribution in [0.25, 0.3) is 20.8 Å². The van der Waals surface area contributed by atoms with Gasteiger partial charge in [-0.1, -0.05) is 24.3 Å². The molecule has 0 unspecified atom stereocenters. The van der Waals surface area contributed by atoms with Crippen LogP contribution in [0.15, 0.2) is 77.7 Å². The van der Waals surface area contributed by atoms with Crippen LogP contribution in [0.3, 0.4) is 0 Å². The predicted octanol–water partition coefficient (Wildman–Crippen LogP) is 4.62. The molecule has 0 atom stereocenters. The molecule has 0 spiro atoms. The highest BCUT2D eigenvalue weighted by Crippen LogP contribution is 2.30. The molecule has 140 valence electrons. The number of hydrogen-bond donors (Lipinski definition) is 1. The Hall–Kier alpha value is -3.03. The summed E-state index contributed by atoms with van der Waals surface area (Å²) in [7, 11) is -3.49. The molecule has 0 radical (unpaired) electrons. The number of amides is 1. The first kappa shape index (κ1) is 18.3. The van der Waals surface area contributed by atoms with Crippen molar-refractivity contribution >= 4 is 43.0 Å². The number of sulfone groups is 1. The molecule has 0 aliphatic heterocycles. The fourth-order valence-corrected chi connectivity index (χ4v) is 4.72. The van der Waals surface area contributed by atoms with Crippen molar-refractivity contribution in [1.82, 2.24) is 4.98 Å². The first-order valence-corrected chi connectivity index (χ1v) is 11.2. The Labute approximate surface area is 166 Å². The third-order valence-electron chi connectivity index (χ3n) is 4.21. The lowest BCUT2D eigenvalue weighted by Crippen LogP contribution is -2.15. The number of benzene rings is 3. The molecule has 0 bridgehead atoms. The molecule has 1 amide bonds. The van der Waals surface area contributed by atoms with Crippen LogP contribution in [-0.4, -0.2) is 25.6 Å². The molecule has 0 aliphatic rings. The molecule has 3 aromatic carbocycles. The molecule has 0 saturated carbocycles. The molecule has 1 aromatic heterocycles. The van der Waals surface area contributed by atoms with Gasteiger partial charge in [0.15, 0.2) is 9.84 Å². The van der Waals surface area contributed by atoms with Crippen molar-refractivity contribution < 1.29 is 13.2 Å². The van der Waals surface area contributed by atoms with E-state index in [4.69, 9.17) is 0 Å². The molecule has 5 nitrogen and oxygen atoms in total. The van der Waals surface area contributed by atoms with E-state index < -0.39 is 15.7 Å². The van der Waals surface area contributed by atoms with Crippen LogP contribution in [0.5, 0.6) is 0 Å². The molecule has 0 aliphatic carbocycles. The zero-order valence-electron chi connectivity index (χ0n) is 14.9. The summed E-state index contributed by atoms with van der Waals surface area (Å²) in [5.74, 6) is -0.464. The lowest BCUT2D eigenvalue weighted by molar-refractivity contribution is 0.102. The standard InChI is InChI=1S/C21H16N2O3S2/c1-28(25,26)19-9-5-2-6-16(19)20(24)22-15-12-10-14(11-13-15)21-23-17-7-3-4-8-18(17)27-21/h2-13H,1H3,(H,22,24). The first-order chi connectivity index (χ1) is 13.4. The number of nitrogens with one attached hydrogen (secondary N) is 1. The van der Waals surface area contributed by atoms with E-state index in [1.165, 1.54) is 12.1 Å². The molecule has 4 rings (SSSR count). The molecular formula is C21H16N2O3S2. The normalized spacial score (nSPS) is 11.5. The molecule has 28 heavy (non-hydrogen) atoms. The number of aromatic nitrogens is 1. The van der Waals surface area contributed by atoms with Gasteiger partial charge < -0.3 is 5.32 Å². The maximum absolute atomic E-state index is 12.6. The zero-order valence-corrected chi connectivity index (χ0v) is 16.5. The maximum Gasteiger partial charge on any atom is 0.256 e. The van der Waals surface area contributed by atoms with E-state index in [9.17, 15) is 13.2 Å². The van der Waals surface area contributed by atoms with Gasteiger partial charge in [-0.2, -0.15) is 0 Å². The average Bonchev–Trinajstić information content (AvgIpc) is 3.12. The van der Waals surface area contributed by atoms with E-state index in [0.29, 0.717) is 5.69 Å². The smallest absolute Gasteiger partial charge is 0.256 e. The minimum absolute atomic E-state index is 0.0126. The van der Waals surface area contributed by atoms with E-state index in [2.05, 4.69) is 10.3 Å². The van der Waals surface area contributed by atoms with Crippen LogP contribution in [0.1, 0.15) is 10.4 Å². The van der Waals surface area contributed by atoms with Crippen LogP contribution in [0, 0.1) is 0 Å². The zero-order chi connectivity index (χ0) is 19.7. The molecule has 1 N–H and O–H groups in total. The Morgan fingerprint density at radius 3 is 2.32 bits per heavy atom. The second-order valence-electron chi connectivity index (χ2n) is 6.29. The van der Waals surface area contributed by atoms with Gasteiger partial charge in [-0.05, 0) is 48.5 Å². The first-order valence-electron chi connectivity index (χ1n) is 8.48. The van der Waals surface area contributed by atoms with Crippen LogP contribution in [0.4, 0.5) is 5.69 Å². The van der Waals surface area contributed by atoms with Gasteiger partial charge in [0.05, 0.1) is 20.7 Å². The molecule has 4 aromatic rings. The van der Waals surface area contributed by atoms with Gasteiger partial charge in [-0.3, -0.25) is 4.79 Å². The number of para-hydroxylation sites is 1. The Kier molecular flexibility index (Phi) is 4.70. The van der Waals surface area contributed by atoms with Crippen LogP contribution >= 0.6 is 11.3 Å². The highest BCUT2D eigenvalue weighted by Gasteiger charge is 2.18. The van der Waals surface area contributed by atoms with Crippen LogP contribution < -0.4 is 5.32 Å². The minimum atomic E-state index is -3.49. The van der Waals surface area contributed by atoms with E-state index >= 15 is 0 Å². The topological polar surface area (TPSA) is 76.1 Å². The largest absolute Gasteiger partial charge is 0.322 e. The van der Waals surface area contributed by atoms with E-state index in [-0.39, 0.29) is 10.5 Å². The Balaban J connectivity index is 1.58. The van der Waals surface area contributed by atoms with Gasteiger partial charge in [0, 0.05) is 17.5 Å². The third-order valence-corrected chi connectivity index (χ3v) is 6.46. The lowest BCUT2D eigenvalue weighted by atomic mass is 10.2. The fraction of sp³-hybridized carbons (Fsp3) is 0.0476. The number of thiazole rings is 1. The number of anilines is 1. The SMILES string of the molecule is CS(=O)(=O)c1ccccc1C(=O)Nc1ccc(-c2nc3ccccc3s2)cc1. The highest BCUT2D eigenvalue weighted by molar-refractivity contribution is 7.90. The van der Waals surface area contributed by atoms with Gasteiger partial charge >= 0.3 is 0 Å². The summed E-state index contributed by atoms with van der Waals surface area (Å²) in [6, 6.07) is 21.4. The summed E-state index contributed by atoms with van der Waals surface area (Å²) in [5.41, 5.74) is 2.62. The molecule has 1 heterocycles. The monoisotopic (exact) mass is 408 g/mol. The van der Waals surface area contributed by atoms with Gasteiger partial charge in [0.2, 0.25) is 0 Å². The van der Waals surface area contributed by atoms with E-state index in [0.717, 1.165) is 27.0 Å². The van der Waals surface area contributed by atoms with Crippen molar-refractivity contribution in [3.05, 3.63) is 78.4 Å². The van der Waals surface area contributed by atoms with Crippen molar-refractivity contribution in [3.8, 4) is 10.6 Å². The van der Waals surface area contributed by atoms with Gasteiger partial charge in [-0.25, -0.2) is 13.4 Å². The average molecular weight is 409 g/mol. The second kappa shape index (κ2) is 7.18. The molecule has 0 fully saturated rings. The lowest BCUT2D eigenvalue weighted by Gasteiger charge is -2.09. The van der Waals surface area contributed by atoms with Crippen molar-refractivity contribution in [2.24, 2.45) is 0 Å². The summed E-state index contributed by atoms with van der Waals surface area (Å²) in [5, 5.41) is 3.66. The highest BCUT2D eigenvalue weighted by atomic mass is 32.2. The van der Waals surface area contributed by atoms with Crippen LogP contribution in [-0.2, 0) is 9.84 Å². The minimum Gasteiger partial charge on any atom is -0.322 e. The number of hydrogen-bond acceptors (Lipinski definition) is 5. The van der Waals surface area contributed by atoms with Crippen LogP contribution in [0.2, 0.25) is 0 Å². The molecular weight excluding hydrogens is 392 g/mol. The summed E-state index contributed by atoms with van der Waals surface area (Å²) < 4.78 is 24.9. The summed E-state index contributed by atoms with van der Waals surface area (Å²) in [4.78, 5) is 17.2. The third kappa shape index (κ3) is 3.67. The van der Waals surface area contributed by atoms with Crippen molar-refractivity contribution in [2.45, 2.75) is 4.90 Å². The van der Waals surface area contributed by atoms with E-state index in [1.807, 2.05) is 36.4 Å². The van der Waals surface area contributed by atoms with Crippen molar-refractivity contribution in [3.63, 3.8) is 0 Å². The van der Waals surface area contributed by atoms with E-state index in [1.54, 1.807) is 35.6 Å². The Morgan fingerprint density at radius 2 is 1.61 bits per heavy atom. The molecule has 7 heteroatoms. The number of nitrogens with zero attached hydrogens (tertiary/aromatic N) is 1. The summed E-state index contributed by atoms with van der Waals surface area (Å²) in [6.07, 6.45) is 1.09. The Bertz CT molecular complexity index is 1240. The number of fused-ring (bicyclic) bond motifs is 1. The quantitative estimate of drug-likeness (QED) is 0.535. The van der Waals surface area contributed by atoms with Gasteiger partial charge in [-0.15, -0.1) is 11.3 Å². The summed E-state index contributed by atoms with van der Waals surface area (Å²) in [6.45, 7) is 0. The number of rotatable bonds is 4. The number of carbonyl (C=O) groups excluding carboxylic acids is 1. The van der Waals surface area contributed by atoms with Gasteiger partial charge in [0.25, 0.3) is 5.91 Å². The molecule has 0 saturated heterocycles. The van der Waals surface area contributed by atoms with Crippen molar-refractivity contribution in [2.75, 3.05) is 11.6 Å². The summed E-state index contributed by atoms with van der Waals surface area (Å²) >= 11 is 1.61. The fourth-order valence-electron chi connectivity index (χ4n) is 2.87. The maximum atomic E-state index is 12.6. The van der Waals surface area contributed by atoms with Gasteiger partial charge in [0.1, 0.15) is 5.01 Å². The van der Waals surface area contributed by atoms with Crippen molar-refractivity contribution in [1.29, 1.82) is 0 Å².